The van der Waals surface area contributed by atoms with Crippen LogP contribution >= 0.6 is 0 Å². The number of rotatable bonds is 7. The number of carbonyl (C=O) groups is 3. The molecule has 0 aliphatic carbocycles. The molecule has 7 heteroatoms. The number of esters is 1. The molecule has 0 aliphatic rings. The number of Topliss-reactive ketones (excluding diaryl/α,β-unsaturated/α-hetero) is 1. The molecule has 130 valence electrons. The zero-order valence-electron chi connectivity index (χ0n) is 13.1. The maximum atomic E-state index is 12.8. The summed E-state index contributed by atoms with van der Waals surface area (Å²) in [4.78, 5) is 35.0. The highest BCUT2D eigenvalue weighted by Gasteiger charge is 2.12. The van der Waals surface area contributed by atoms with Crippen molar-refractivity contribution in [2.24, 2.45) is 0 Å². The molecule has 0 unspecified atom stereocenters. The highest BCUT2D eigenvalue weighted by atomic mass is 19.1. The molecule has 0 atom stereocenters. The van der Waals surface area contributed by atoms with Crippen LogP contribution in [0.15, 0.2) is 48.5 Å². The van der Waals surface area contributed by atoms with Crippen LogP contribution in [0.1, 0.15) is 23.2 Å². The Morgan fingerprint density at radius 3 is 2.00 bits per heavy atom. The number of hydrogen-bond donors (Lipinski definition) is 1. The second kappa shape index (κ2) is 8.68. The van der Waals surface area contributed by atoms with Crippen molar-refractivity contribution in [1.29, 1.82) is 0 Å². The van der Waals surface area contributed by atoms with Gasteiger partial charge in [-0.05, 0) is 48.5 Å². The maximum absolute atomic E-state index is 12.8. The lowest BCUT2D eigenvalue weighted by molar-refractivity contribution is -0.147. The molecule has 1 amide bonds. The van der Waals surface area contributed by atoms with Crippen LogP contribution in [0.4, 0.5) is 14.5 Å². The minimum absolute atomic E-state index is 0.107. The molecule has 0 aliphatic heterocycles. The Kier molecular flexibility index (Phi) is 6.33. The van der Waals surface area contributed by atoms with Crippen LogP contribution < -0.4 is 5.32 Å². The molecule has 0 saturated carbocycles. The van der Waals surface area contributed by atoms with Crippen molar-refractivity contribution in [3.05, 3.63) is 65.7 Å². The number of ether oxygens (including phenoxy) is 1. The lowest BCUT2D eigenvalue weighted by Crippen LogP contribution is -2.21. The van der Waals surface area contributed by atoms with Gasteiger partial charge >= 0.3 is 5.97 Å². The van der Waals surface area contributed by atoms with Gasteiger partial charge in [-0.25, -0.2) is 8.78 Å². The van der Waals surface area contributed by atoms with Gasteiger partial charge in [-0.1, -0.05) is 0 Å². The fourth-order valence-electron chi connectivity index (χ4n) is 1.94. The monoisotopic (exact) mass is 347 g/mol. The molecule has 2 rings (SSSR count). The summed E-state index contributed by atoms with van der Waals surface area (Å²) in [5, 5.41) is 2.44. The average molecular weight is 347 g/mol. The van der Waals surface area contributed by atoms with Crippen LogP contribution in [0, 0.1) is 11.6 Å². The smallest absolute Gasteiger partial charge is 0.306 e. The van der Waals surface area contributed by atoms with Crippen LogP contribution in [-0.2, 0) is 14.3 Å². The van der Waals surface area contributed by atoms with Crippen molar-refractivity contribution < 1.29 is 27.9 Å². The molecule has 2 aromatic rings. The molecule has 1 N–H and O–H groups in total. The largest absolute Gasteiger partial charge is 0.456 e. The molecule has 0 saturated heterocycles. The normalized spacial score (nSPS) is 10.2. The van der Waals surface area contributed by atoms with Crippen molar-refractivity contribution in [2.45, 2.75) is 12.8 Å². The zero-order valence-corrected chi connectivity index (χ0v) is 13.1. The van der Waals surface area contributed by atoms with Crippen LogP contribution in [0.3, 0.4) is 0 Å². The molecule has 5 nitrogen and oxygen atoms in total. The predicted molar refractivity (Wildman–Crippen MR) is 86.0 cm³/mol. The highest BCUT2D eigenvalue weighted by molar-refractivity contribution is 5.97. The van der Waals surface area contributed by atoms with E-state index in [1.54, 1.807) is 0 Å². The van der Waals surface area contributed by atoms with E-state index in [4.69, 9.17) is 4.74 Å². The molecule has 0 heterocycles. The van der Waals surface area contributed by atoms with E-state index in [2.05, 4.69) is 5.32 Å². The molecule has 0 spiro atoms. The summed E-state index contributed by atoms with van der Waals surface area (Å²) in [6.45, 7) is -0.513. The predicted octanol–water partition coefficient (Wildman–Crippen LogP) is 3.11. The number of hydrogen-bond acceptors (Lipinski definition) is 4. The number of nitrogens with one attached hydrogen (secondary N) is 1. The minimum Gasteiger partial charge on any atom is -0.456 e. The van der Waals surface area contributed by atoms with E-state index in [9.17, 15) is 23.2 Å². The van der Waals surface area contributed by atoms with Gasteiger partial charge in [-0.2, -0.15) is 0 Å². The van der Waals surface area contributed by atoms with Gasteiger partial charge in [0, 0.05) is 17.7 Å². The third kappa shape index (κ3) is 6.14. The summed E-state index contributed by atoms with van der Waals surface area (Å²) in [5.41, 5.74) is 0.664. The minimum atomic E-state index is -0.704. The molecule has 0 bridgehead atoms. The number of anilines is 1. The van der Waals surface area contributed by atoms with Gasteiger partial charge in [0.15, 0.2) is 12.4 Å². The molecule has 0 fully saturated rings. The second-order valence-electron chi connectivity index (χ2n) is 5.15. The number of amides is 1. The number of halogens is 2. The van der Waals surface area contributed by atoms with Gasteiger partial charge in [0.05, 0.1) is 6.42 Å². The van der Waals surface area contributed by atoms with Crippen LogP contribution in [0.5, 0.6) is 0 Å². The number of benzene rings is 2. The fraction of sp³-hybridized carbons (Fsp3) is 0.167. The fourth-order valence-corrected chi connectivity index (χ4v) is 1.94. The Hall–Kier alpha value is -3.09. The van der Waals surface area contributed by atoms with Gasteiger partial charge in [0.25, 0.3) is 5.91 Å². The summed E-state index contributed by atoms with van der Waals surface area (Å²) in [6.07, 6.45) is -0.302. The van der Waals surface area contributed by atoms with E-state index in [-0.39, 0.29) is 18.6 Å². The van der Waals surface area contributed by atoms with E-state index < -0.39 is 30.1 Å². The Morgan fingerprint density at radius 2 is 1.40 bits per heavy atom. The van der Waals surface area contributed by atoms with Crippen LogP contribution in [0.25, 0.3) is 0 Å². The first-order chi connectivity index (χ1) is 11.9. The van der Waals surface area contributed by atoms with Crippen LogP contribution in [-0.4, -0.2) is 24.3 Å². The highest BCUT2D eigenvalue weighted by Crippen LogP contribution is 2.09. The first-order valence-corrected chi connectivity index (χ1v) is 7.44. The van der Waals surface area contributed by atoms with Gasteiger partial charge in [-0.15, -0.1) is 0 Å². The summed E-state index contributed by atoms with van der Waals surface area (Å²) >= 11 is 0. The van der Waals surface area contributed by atoms with Crippen molar-refractivity contribution in [2.75, 3.05) is 11.9 Å². The Morgan fingerprint density at radius 1 is 0.840 bits per heavy atom. The SMILES string of the molecule is O=C(COC(=O)CCC(=O)c1ccc(F)cc1)Nc1ccc(F)cc1. The van der Waals surface area contributed by atoms with E-state index in [1.165, 1.54) is 36.4 Å². The number of carbonyl (C=O) groups excluding carboxylic acids is 3. The Balaban J connectivity index is 1.71. The van der Waals surface area contributed by atoms with E-state index in [0.29, 0.717) is 11.3 Å². The van der Waals surface area contributed by atoms with Crippen LogP contribution in [0.2, 0.25) is 0 Å². The van der Waals surface area contributed by atoms with E-state index in [0.717, 1.165) is 12.1 Å². The van der Waals surface area contributed by atoms with Crippen molar-refractivity contribution >= 4 is 23.3 Å². The van der Waals surface area contributed by atoms with E-state index >= 15 is 0 Å². The first kappa shape index (κ1) is 18.3. The molecular formula is C18H15F2NO4. The second-order valence-corrected chi connectivity index (χ2v) is 5.15. The Bertz CT molecular complexity index is 758. The van der Waals surface area contributed by atoms with Gasteiger partial charge in [0.1, 0.15) is 11.6 Å². The standard InChI is InChI=1S/C18H15F2NO4/c19-13-3-1-12(2-4-13)16(22)9-10-18(24)25-11-17(23)21-15-7-5-14(20)6-8-15/h1-8H,9-11H2,(H,21,23). The Labute approximate surface area is 142 Å². The topological polar surface area (TPSA) is 72.5 Å². The maximum Gasteiger partial charge on any atom is 0.306 e. The molecule has 0 aromatic heterocycles. The third-order valence-corrected chi connectivity index (χ3v) is 3.21. The molecule has 2 aromatic carbocycles. The average Bonchev–Trinajstić information content (AvgIpc) is 2.60. The lowest BCUT2D eigenvalue weighted by Gasteiger charge is -2.06. The quantitative estimate of drug-likeness (QED) is 0.617. The van der Waals surface area contributed by atoms with Crippen molar-refractivity contribution in [1.82, 2.24) is 0 Å². The zero-order chi connectivity index (χ0) is 18.2. The van der Waals surface area contributed by atoms with E-state index in [1.807, 2.05) is 0 Å². The molecule has 25 heavy (non-hydrogen) atoms. The summed E-state index contributed by atoms with van der Waals surface area (Å²) in [6, 6.07) is 10.1. The lowest BCUT2D eigenvalue weighted by atomic mass is 10.1. The summed E-state index contributed by atoms with van der Waals surface area (Å²) in [7, 11) is 0. The molecular weight excluding hydrogens is 332 g/mol. The number of ketones is 1. The summed E-state index contributed by atoms with van der Waals surface area (Å²) < 4.78 is 30.3. The third-order valence-electron chi connectivity index (χ3n) is 3.21. The van der Waals surface area contributed by atoms with Gasteiger partial charge in [0.2, 0.25) is 0 Å². The van der Waals surface area contributed by atoms with Gasteiger partial charge in [-0.3, -0.25) is 14.4 Å². The van der Waals surface area contributed by atoms with Crippen molar-refractivity contribution in [3.63, 3.8) is 0 Å². The van der Waals surface area contributed by atoms with Crippen molar-refractivity contribution in [3.8, 4) is 0 Å². The molecule has 0 radical (unpaired) electrons. The van der Waals surface area contributed by atoms with Gasteiger partial charge < -0.3 is 10.1 Å². The summed E-state index contributed by atoms with van der Waals surface area (Å²) in [5.74, 6) is -2.50. The first-order valence-electron chi connectivity index (χ1n) is 7.44.